The van der Waals surface area contributed by atoms with Gasteiger partial charge in [-0.1, -0.05) is 31.2 Å². The van der Waals surface area contributed by atoms with E-state index in [9.17, 15) is 18.0 Å². The summed E-state index contributed by atoms with van der Waals surface area (Å²) in [7, 11) is 0. The van der Waals surface area contributed by atoms with Gasteiger partial charge in [0.1, 0.15) is 5.60 Å². The second-order valence-corrected chi connectivity index (χ2v) is 11.1. The topological polar surface area (TPSA) is 41.9 Å². The molecule has 0 saturated carbocycles. The molecule has 8 heteroatoms. The van der Waals surface area contributed by atoms with Gasteiger partial charge in [0.2, 0.25) is 5.91 Å². The van der Waals surface area contributed by atoms with Gasteiger partial charge < -0.3 is 9.64 Å². The van der Waals surface area contributed by atoms with E-state index in [1.54, 1.807) is 12.1 Å². The van der Waals surface area contributed by atoms with E-state index in [4.69, 9.17) is 4.74 Å². The van der Waals surface area contributed by atoms with Crippen molar-refractivity contribution in [2.24, 2.45) is 4.40 Å². The van der Waals surface area contributed by atoms with E-state index in [0.29, 0.717) is 49.3 Å². The number of alkyl halides is 3. The van der Waals surface area contributed by atoms with Crippen molar-refractivity contribution in [1.82, 2.24) is 4.90 Å². The maximum Gasteiger partial charge on any atom is 0.409 e. The van der Waals surface area contributed by atoms with E-state index in [1.165, 1.54) is 0 Å². The van der Waals surface area contributed by atoms with E-state index in [2.05, 4.69) is 4.40 Å². The third-order valence-electron chi connectivity index (χ3n) is 7.72. The molecule has 186 valence electrons. The molecule has 0 N–H and O–H groups in total. The van der Waals surface area contributed by atoms with Gasteiger partial charge in [0.15, 0.2) is 4.75 Å². The molecule has 0 aromatic heterocycles. The molecule has 0 aliphatic carbocycles. The average molecular weight is 503 g/mol. The smallest absolute Gasteiger partial charge is 0.362 e. The van der Waals surface area contributed by atoms with Crippen LogP contribution in [0.15, 0.2) is 34.7 Å². The first-order valence-electron chi connectivity index (χ1n) is 12.0. The predicted molar refractivity (Wildman–Crippen MR) is 132 cm³/mol. The SMILES string of the molecule is CCCC(=O)N1CC2(C1)OCc1cc(C3=NSC(c4cc(C)c(C)c(C)c4)(C(F)(F)F)C3)ccc12. The quantitative estimate of drug-likeness (QED) is 0.462. The number of ether oxygens (including phenoxy) is 1. The van der Waals surface area contributed by atoms with Gasteiger partial charge in [-0.25, -0.2) is 4.40 Å². The Bertz CT molecular complexity index is 1210. The van der Waals surface area contributed by atoms with Crippen molar-refractivity contribution in [1.29, 1.82) is 0 Å². The van der Waals surface area contributed by atoms with E-state index in [1.807, 2.05) is 50.8 Å². The van der Waals surface area contributed by atoms with Crippen LogP contribution in [-0.2, 0) is 26.5 Å². The van der Waals surface area contributed by atoms with Crippen LogP contribution in [0.3, 0.4) is 0 Å². The molecule has 3 aliphatic heterocycles. The van der Waals surface area contributed by atoms with Crippen LogP contribution in [0.5, 0.6) is 0 Å². The Kier molecular flexibility index (Phi) is 5.83. The van der Waals surface area contributed by atoms with Gasteiger partial charge in [-0.2, -0.15) is 13.2 Å². The molecule has 3 heterocycles. The molecular weight excluding hydrogens is 473 g/mol. The van der Waals surface area contributed by atoms with Gasteiger partial charge in [0, 0.05) is 12.8 Å². The van der Waals surface area contributed by atoms with Gasteiger partial charge in [0.25, 0.3) is 0 Å². The number of nitrogens with zero attached hydrogens (tertiary/aromatic N) is 2. The van der Waals surface area contributed by atoms with E-state index < -0.39 is 16.5 Å². The Labute approximate surface area is 208 Å². The van der Waals surface area contributed by atoms with Crippen molar-refractivity contribution in [2.75, 3.05) is 13.1 Å². The Balaban J connectivity index is 1.40. The summed E-state index contributed by atoms with van der Waals surface area (Å²) in [5, 5.41) is 0. The first-order valence-corrected chi connectivity index (χ1v) is 12.7. The van der Waals surface area contributed by atoms with Crippen molar-refractivity contribution in [3.8, 4) is 0 Å². The first kappa shape index (κ1) is 24.4. The summed E-state index contributed by atoms with van der Waals surface area (Å²) in [6.07, 6.45) is -3.33. The number of likely N-dealkylation sites (tertiary alicyclic amines) is 1. The van der Waals surface area contributed by atoms with E-state index in [-0.39, 0.29) is 17.9 Å². The van der Waals surface area contributed by atoms with Crippen LogP contribution in [-0.4, -0.2) is 35.8 Å². The Morgan fingerprint density at radius 3 is 2.46 bits per heavy atom. The summed E-state index contributed by atoms with van der Waals surface area (Å²) >= 11 is 0.620. The number of fused-ring (bicyclic) bond motifs is 2. The molecule has 5 rings (SSSR count). The number of carbonyl (C=O) groups is 1. The summed E-state index contributed by atoms with van der Waals surface area (Å²) < 4.78 is 52.0. The summed E-state index contributed by atoms with van der Waals surface area (Å²) in [5.41, 5.74) is 5.61. The maximum absolute atomic E-state index is 14.5. The van der Waals surface area contributed by atoms with Crippen LogP contribution < -0.4 is 0 Å². The number of carbonyl (C=O) groups excluding carboxylic acids is 1. The highest BCUT2D eigenvalue weighted by molar-refractivity contribution is 7.99. The zero-order chi connectivity index (χ0) is 25.2. The lowest BCUT2D eigenvalue weighted by molar-refractivity contribution is -0.168. The van der Waals surface area contributed by atoms with Gasteiger partial charge in [-0.3, -0.25) is 4.79 Å². The highest BCUT2D eigenvalue weighted by Gasteiger charge is 2.60. The van der Waals surface area contributed by atoms with E-state index in [0.717, 1.165) is 34.2 Å². The number of amides is 1. The maximum atomic E-state index is 14.5. The molecule has 1 saturated heterocycles. The number of rotatable bonds is 4. The third-order valence-corrected chi connectivity index (χ3v) is 8.96. The van der Waals surface area contributed by atoms with Crippen molar-refractivity contribution in [2.45, 2.75) is 70.1 Å². The molecule has 1 atom stereocenters. The molecule has 4 nitrogen and oxygen atoms in total. The van der Waals surface area contributed by atoms with Crippen LogP contribution in [0.2, 0.25) is 0 Å². The van der Waals surface area contributed by atoms with Crippen LogP contribution in [0.4, 0.5) is 13.2 Å². The lowest BCUT2D eigenvalue weighted by atomic mass is 9.83. The molecule has 0 bridgehead atoms. The molecule has 2 aromatic carbocycles. The number of hydrogen-bond donors (Lipinski definition) is 0. The largest absolute Gasteiger partial charge is 0.409 e. The fourth-order valence-corrected chi connectivity index (χ4v) is 6.30. The summed E-state index contributed by atoms with van der Waals surface area (Å²) in [6.45, 7) is 9.06. The minimum Gasteiger partial charge on any atom is -0.362 e. The predicted octanol–water partition coefficient (Wildman–Crippen LogP) is 6.28. The number of aryl methyl sites for hydroxylation is 2. The second kappa shape index (κ2) is 8.37. The molecule has 0 radical (unpaired) electrons. The standard InChI is InChI=1S/C27H29F3N2O2S/c1-5-6-24(33)32-14-25(15-32)22-8-7-19(11-20(22)13-34-25)23-12-26(35-31-23,27(28,29)30)21-9-16(2)18(4)17(3)10-21/h7-11H,5-6,12-15H2,1-4H3. The Morgan fingerprint density at radius 2 is 1.83 bits per heavy atom. The molecule has 2 aromatic rings. The Hall–Kier alpha value is -2.32. The normalized spacial score (nSPS) is 22.8. The fraction of sp³-hybridized carbons (Fsp3) is 0.481. The molecule has 35 heavy (non-hydrogen) atoms. The van der Waals surface area contributed by atoms with Crippen molar-refractivity contribution < 1.29 is 22.7 Å². The summed E-state index contributed by atoms with van der Waals surface area (Å²) in [4.78, 5) is 14.0. The first-order chi connectivity index (χ1) is 16.5. The summed E-state index contributed by atoms with van der Waals surface area (Å²) in [6, 6.07) is 9.02. The molecular formula is C27H29F3N2O2S. The van der Waals surface area contributed by atoms with Crippen molar-refractivity contribution >= 4 is 23.6 Å². The fourth-order valence-electron chi connectivity index (χ4n) is 5.34. The molecule has 1 fully saturated rings. The zero-order valence-electron chi connectivity index (χ0n) is 20.4. The third kappa shape index (κ3) is 3.80. The average Bonchev–Trinajstić information content (AvgIpc) is 3.39. The van der Waals surface area contributed by atoms with Crippen LogP contribution in [0.25, 0.3) is 0 Å². The molecule has 1 unspecified atom stereocenters. The highest BCUT2D eigenvalue weighted by Crippen LogP contribution is 2.57. The lowest BCUT2D eigenvalue weighted by Crippen LogP contribution is -2.61. The number of hydrogen-bond acceptors (Lipinski definition) is 4. The van der Waals surface area contributed by atoms with Gasteiger partial charge in [-0.05, 0) is 84.2 Å². The van der Waals surface area contributed by atoms with Gasteiger partial charge in [0.05, 0.1) is 25.4 Å². The van der Waals surface area contributed by atoms with Crippen LogP contribution in [0, 0.1) is 20.8 Å². The number of halogens is 3. The minimum atomic E-state index is -4.46. The molecule has 1 amide bonds. The second-order valence-electron chi connectivity index (χ2n) is 10.0. The minimum absolute atomic E-state index is 0.134. The number of benzene rings is 2. The molecule has 1 spiro atoms. The monoisotopic (exact) mass is 502 g/mol. The Morgan fingerprint density at radius 1 is 1.14 bits per heavy atom. The van der Waals surface area contributed by atoms with E-state index >= 15 is 0 Å². The van der Waals surface area contributed by atoms with Crippen LogP contribution >= 0.6 is 11.9 Å². The highest BCUT2D eigenvalue weighted by atomic mass is 32.2. The van der Waals surface area contributed by atoms with Gasteiger partial charge >= 0.3 is 6.18 Å². The van der Waals surface area contributed by atoms with Crippen molar-refractivity contribution in [3.63, 3.8) is 0 Å². The van der Waals surface area contributed by atoms with Gasteiger partial charge in [-0.15, -0.1) is 0 Å². The van der Waals surface area contributed by atoms with Crippen molar-refractivity contribution in [3.05, 3.63) is 69.3 Å². The van der Waals surface area contributed by atoms with Crippen LogP contribution in [0.1, 0.15) is 65.1 Å². The summed E-state index contributed by atoms with van der Waals surface area (Å²) in [5.74, 6) is 0.134. The lowest BCUT2D eigenvalue weighted by Gasteiger charge is -2.47. The zero-order valence-corrected chi connectivity index (χ0v) is 21.2. The molecule has 3 aliphatic rings.